The van der Waals surface area contributed by atoms with E-state index in [1.165, 1.54) is 5.56 Å². The molecule has 0 fully saturated rings. The highest BCUT2D eigenvalue weighted by molar-refractivity contribution is 6.07. The molecule has 0 aliphatic heterocycles. The molecule has 0 saturated carbocycles. The predicted octanol–water partition coefficient (Wildman–Crippen LogP) is 4.73. The van der Waals surface area contributed by atoms with Crippen LogP contribution in [0.15, 0.2) is 54.6 Å². The maximum atomic E-state index is 4.96. The summed E-state index contributed by atoms with van der Waals surface area (Å²) >= 11 is 0. The van der Waals surface area contributed by atoms with Gasteiger partial charge in [0.2, 0.25) is 0 Å². The zero-order valence-corrected chi connectivity index (χ0v) is 18.0. The van der Waals surface area contributed by atoms with Gasteiger partial charge in [-0.25, -0.2) is 9.67 Å². The van der Waals surface area contributed by atoms with Crippen LogP contribution in [0.25, 0.3) is 21.9 Å². The van der Waals surface area contributed by atoms with E-state index in [-0.39, 0.29) is 12.4 Å². The smallest absolute Gasteiger partial charge is 0.161 e. The number of nitrogens with one attached hydrogen (secondary N) is 1. The largest absolute Gasteiger partial charge is 0.384 e. The zero-order valence-electron chi connectivity index (χ0n) is 17.2. The number of nitrogens with zero attached hydrogens (tertiary/aromatic N) is 4. The molecular formula is C23H28ClN5. The van der Waals surface area contributed by atoms with Crippen LogP contribution in [0, 0.1) is 6.92 Å². The lowest BCUT2D eigenvalue weighted by atomic mass is 10.1. The van der Waals surface area contributed by atoms with Crippen molar-refractivity contribution in [2.24, 2.45) is 0 Å². The summed E-state index contributed by atoms with van der Waals surface area (Å²) in [7, 11) is 4.22. The minimum Gasteiger partial charge on any atom is -0.384 e. The number of aromatic nitrogens is 3. The Kier molecular flexibility index (Phi) is 6.72. The third-order valence-electron chi connectivity index (χ3n) is 5.01. The Morgan fingerprint density at radius 3 is 2.48 bits per heavy atom. The van der Waals surface area contributed by atoms with Crippen LogP contribution in [0.2, 0.25) is 0 Å². The molecule has 0 spiro atoms. The molecule has 0 unspecified atom stereocenters. The topological polar surface area (TPSA) is 46.0 Å². The van der Waals surface area contributed by atoms with Gasteiger partial charge >= 0.3 is 0 Å². The summed E-state index contributed by atoms with van der Waals surface area (Å²) in [6.45, 7) is 4.78. The number of aryl methyl sites for hydroxylation is 1. The monoisotopic (exact) mass is 409 g/mol. The molecule has 2 aromatic carbocycles. The Morgan fingerprint density at radius 2 is 1.72 bits per heavy atom. The van der Waals surface area contributed by atoms with Crippen LogP contribution >= 0.6 is 12.4 Å². The van der Waals surface area contributed by atoms with E-state index in [9.17, 15) is 0 Å². The van der Waals surface area contributed by atoms with Crippen molar-refractivity contribution in [3.63, 3.8) is 0 Å². The second-order valence-corrected chi connectivity index (χ2v) is 7.51. The summed E-state index contributed by atoms with van der Waals surface area (Å²) in [6.07, 6.45) is 1.09. The molecule has 0 radical (unpaired) electrons. The van der Waals surface area contributed by atoms with Gasteiger partial charge in [-0.3, -0.25) is 0 Å². The van der Waals surface area contributed by atoms with Crippen molar-refractivity contribution in [1.82, 2.24) is 19.7 Å². The average Bonchev–Trinajstić information content (AvgIpc) is 3.00. The van der Waals surface area contributed by atoms with Gasteiger partial charge in [-0.05, 0) is 45.6 Å². The van der Waals surface area contributed by atoms with Gasteiger partial charge in [-0.2, -0.15) is 5.10 Å². The van der Waals surface area contributed by atoms with E-state index in [4.69, 9.17) is 10.1 Å². The molecular weight excluding hydrogens is 382 g/mol. The number of hydrogen-bond donors (Lipinski definition) is 1. The molecule has 2 aromatic heterocycles. The van der Waals surface area contributed by atoms with E-state index >= 15 is 0 Å². The van der Waals surface area contributed by atoms with Gasteiger partial charge in [0.25, 0.3) is 0 Å². The zero-order chi connectivity index (χ0) is 19.5. The molecule has 4 aromatic rings. The Labute approximate surface area is 178 Å². The first kappa shape index (κ1) is 21.1. The standard InChI is InChI=1S/C23H27N5.ClH/c1-17-21-22(24-14-9-15-27(2)3)19-12-7-8-13-20(19)25-23(21)28(26-17)16-18-10-5-4-6-11-18;/h4-8,10-13H,9,14-16H2,1-3H3,(H,24,25);1H. The Balaban J connectivity index is 0.00000240. The quantitative estimate of drug-likeness (QED) is 0.448. The van der Waals surface area contributed by atoms with Crippen molar-refractivity contribution in [2.45, 2.75) is 19.9 Å². The third-order valence-corrected chi connectivity index (χ3v) is 5.01. The number of fused-ring (bicyclic) bond motifs is 2. The lowest BCUT2D eigenvalue weighted by Gasteiger charge is -2.14. The van der Waals surface area contributed by atoms with E-state index < -0.39 is 0 Å². The van der Waals surface area contributed by atoms with Gasteiger partial charge in [0.05, 0.1) is 28.8 Å². The Morgan fingerprint density at radius 1 is 1.00 bits per heavy atom. The predicted molar refractivity (Wildman–Crippen MR) is 124 cm³/mol. The third kappa shape index (κ3) is 4.52. The normalized spacial score (nSPS) is 11.2. The van der Waals surface area contributed by atoms with Gasteiger partial charge in [-0.1, -0.05) is 48.5 Å². The molecule has 1 N–H and O–H groups in total. The molecule has 152 valence electrons. The molecule has 0 atom stereocenters. The summed E-state index contributed by atoms with van der Waals surface area (Å²) in [5.41, 5.74) is 5.33. The fourth-order valence-electron chi connectivity index (χ4n) is 3.67. The number of benzene rings is 2. The van der Waals surface area contributed by atoms with Crippen molar-refractivity contribution < 1.29 is 0 Å². The first-order valence-electron chi connectivity index (χ1n) is 9.82. The van der Waals surface area contributed by atoms with Gasteiger partial charge in [0.1, 0.15) is 0 Å². The van der Waals surface area contributed by atoms with Crippen LogP contribution in [0.3, 0.4) is 0 Å². The van der Waals surface area contributed by atoms with Crippen LogP contribution in [0.4, 0.5) is 5.69 Å². The molecule has 0 amide bonds. The highest BCUT2D eigenvalue weighted by Crippen LogP contribution is 2.33. The highest BCUT2D eigenvalue weighted by atomic mass is 35.5. The fourth-order valence-corrected chi connectivity index (χ4v) is 3.67. The van der Waals surface area contributed by atoms with Crippen molar-refractivity contribution in [3.8, 4) is 0 Å². The second-order valence-electron chi connectivity index (χ2n) is 7.51. The van der Waals surface area contributed by atoms with Crippen molar-refractivity contribution in [2.75, 3.05) is 32.5 Å². The maximum absolute atomic E-state index is 4.96. The molecule has 0 aliphatic rings. The van der Waals surface area contributed by atoms with Crippen LogP contribution in [0.5, 0.6) is 0 Å². The summed E-state index contributed by atoms with van der Waals surface area (Å²) in [5, 5.41) is 10.8. The summed E-state index contributed by atoms with van der Waals surface area (Å²) < 4.78 is 2.03. The molecule has 29 heavy (non-hydrogen) atoms. The van der Waals surface area contributed by atoms with E-state index in [2.05, 4.69) is 73.7 Å². The van der Waals surface area contributed by atoms with Gasteiger partial charge in [0.15, 0.2) is 5.65 Å². The van der Waals surface area contributed by atoms with Crippen molar-refractivity contribution >= 4 is 40.0 Å². The van der Waals surface area contributed by atoms with E-state index in [0.29, 0.717) is 0 Å². The van der Waals surface area contributed by atoms with Crippen molar-refractivity contribution in [3.05, 3.63) is 65.9 Å². The van der Waals surface area contributed by atoms with Crippen LogP contribution in [0.1, 0.15) is 17.7 Å². The molecule has 5 nitrogen and oxygen atoms in total. The molecule has 2 heterocycles. The number of para-hydroxylation sites is 1. The number of hydrogen-bond acceptors (Lipinski definition) is 4. The lowest BCUT2D eigenvalue weighted by molar-refractivity contribution is 0.405. The minimum absolute atomic E-state index is 0. The molecule has 0 aliphatic carbocycles. The average molecular weight is 410 g/mol. The maximum Gasteiger partial charge on any atom is 0.161 e. The Bertz CT molecular complexity index is 1090. The summed E-state index contributed by atoms with van der Waals surface area (Å²) in [4.78, 5) is 7.18. The Hall–Kier alpha value is -2.63. The van der Waals surface area contributed by atoms with Crippen LogP contribution in [-0.2, 0) is 6.54 Å². The highest BCUT2D eigenvalue weighted by Gasteiger charge is 2.16. The van der Waals surface area contributed by atoms with E-state index in [1.54, 1.807) is 0 Å². The van der Waals surface area contributed by atoms with Crippen LogP contribution in [-0.4, -0.2) is 46.8 Å². The lowest BCUT2D eigenvalue weighted by Crippen LogP contribution is -2.16. The number of anilines is 1. The SMILES string of the molecule is Cc1nn(Cc2ccccc2)c2nc3ccccc3c(NCCCN(C)C)c12.Cl. The fraction of sp³-hybridized carbons (Fsp3) is 0.304. The van der Waals surface area contributed by atoms with Gasteiger partial charge < -0.3 is 10.2 Å². The van der Waals surface area contributed by atoms with Crippen LogP contribution < -0.4 is 5.32 Å². The molecule has 4 rings (SSSR count). The molecule has 6 heteroatoms. The van der Waals surface area contributed by atoms with E-state index in [1.807, 2.05) is 16.8 Å². The molecule has 0 bridgehead atoms. The first-order chi connectivity index (χ1) is 13.6. The number of pyridine rings is 1. The molecule has 0 saturated heterocycles. The van der Waals surface area contributed by atoms with Gasteiger partial charge in [0, 0.05) is 11.9 Å². The minimum atomic E-state index is 0. The van der Waals surface area contributed by atoms with Gasteiger partial charge in [-0.15, -0.1) is 12.4 Å². The van der Waals surface area contributed by atoms with E-state index in [0.717, 1.165) is 59.4 Å². The summed E-state index contributed by atoms with van der Waals surface area (Å²) in [5.74, 6) is 0. The number of rotatable bonds is 7. The first-order valence-corrected chi connectivity index (χ1v) is 9.82. The van der Waals surface area contributed by atoms with Crippen molar-refractivity contribution in [1.29, 1.82) is 0 Å². The second kappa shape index (κ2) is 9.25. The number of halogens is 1. The summed E-state index contributed by atoms with van der Waals surface area (Å²) in [6, 6.07) is 18.8.